The van der Waals surface area contributed by atoms with Crippen LogP contribution < -0.4 is 10.6 Å². The average molecular weight is 498 g/mol. The third-order valence-corrected chi connectivity index (χ3v) is 6.94. The maximum absolute atomic E-state index is 13.2. The Bertz CT molecular complexity index is 1380. The van der Waals surface area contributed by atoms with Gasteiger partial charge < -0.3 is 19.9 Å². The minimum atomic E-state index is -0.549. The molecule has 0 bridgehead atoms. The van der Waals surface area contributed by atoms with Crippen molar-refractivity contribution in [2.45, 2.75) is 38.6 Å². The fourth-order valence-electron chi connectivity index (χ4n) is 5.01. The fourth-order valence-corrected chi connectivity index (χ4v) is 5.01. The molecule has 190 valence electrons. The van der Waals surface area contributed by atoms with Crippen LogP contribution in [0.25, 0.3) is 11.0 Å². The van der Waals surface area contributed by atoms with Crippen molar-refractivity contribution in [2.75, 3.05) is 24.3 Å². The van der Waals surface area contributed by atoms with Crippen molar-refractivity contribution in [2.24, 2.45) is 5.92 Å². The summed E-state index contributed by atoms with van der Waals surface area (Å²) in [6.07, 6.45) is 11.2. The number of esters is 1. The number of anilines is 2. The van der Waals surface area contributed by atoms with Crippen LogP contribution in [0.1, 0.15) is 58.5 Å². The Balaban J connectivity index is 1.58. The summed E-state index contributed by atoms with van der Waals surface area (Å²) in [6, 6.07) is 15.2. The number of rotatable bonds is 8. The Morgan fingerprint density at radius 3 is 2.59 bits per heavy atom. The zero-order valence-corrected chi connectivity index (χ0v) is 20.9. The lowest BCUT2D eigenvalue weighted by atomic mass is 9.89. The van der Waals surface area contributed by atoms with E-state index in [1.54, 1.807) is 29.1 Å². The van der Waals surface area contributed by atoms with E-state index < -0.39 is 5.97 Å². The molecule has 1 aliphatic carbocycles. The third-order valence-electron chi connectivity index (χ3n) is 6.94. The van der Waals surface area contributed by atoms with Crippen LogP contribution in [0.3, 0.4) is 0 Å². The lowest BCUT2D eigenvalue weighted by Gasteiger charge is -2.22. The molecule has 37 heavy (non-hydrogen) atoms. The lowest BCUT2D eigenvalue weighted by Crippen LogP contribution is -2.17. The molecule has 1 fully saturated rings. The van der Waals surface area contributed by atoms with Gasteiger partial charge in [-0.1, -0.05) is 49.6 Å². The molecule has 0 atom stereocenters. The second-order valence-corrected chi connectivity index (χ2v) is 9.46. The molecule has 3 heterocycles. The predicted octanol–water partition coefficient (Wildman–Crippen LogP) is 5.51. The van der Waals surface area contributed by atoms with Gasteiger partial charge in [-0.15, -0.1) is 0 Å². The smallest absolute Gasteiger partial charge is 0.356 e. The van der Waals surface area contributed by atoms with Gasteiger partial charge in [-0.2, -0.15) is 0 Å². The number of benzene rings is 1. The SMILES string of the molecule is COC(=O)c1c(NC(=O)c2cccnc2)c2cc(NCC3CCCCC3)cnc2n1Cc1ccccc1. The highest BCUT2D eigenvalue weighted by atomic mass is 16.5. The Hall–Kier alpha value is -4.20. The monoisotopic (exact) mass is 497 g/mol. The first-order valence-corrected chi connectivity index (χ1v) is 12.7. The van der Waals surface area contributed by atoms with Gasteiger partial charge >= 0.3 is 5.97 Å². The maximum Gasteiger partial charge on any atom is 0.356 e. The second-order valence-electron chi connectivity index (χ2n) is 9.46. The molecule has 0 radical (unpaired) electrons. The highest BCUT2D eigenvalue weighted by molar-refractivity contribution is 6.14. The number of pyridine rings is 2. The Labute approximate surface area is 216 Å². The van der Waals surface area contributed by atoms with Crippen molar-refractivity contribution >= 4 is 34.3 Å². The summed E-state index contributed by atoms with van der Waals surface area (Å²) in [4.78, 5) is 35.1. The molecule has 1 aliphatic rings. The van der Waals surface area contributed by atoms with E-state index >= 15 is 0 Å². The number of hydrogen-bond acceptors (Lipinski definition) is 6. The summed E-state index contributed by atoms with van der Waals surface area (Å²) < 4.78 is 6.97. The summed E-state index contributed by atoms with van der Waals surface area (Å²) in [6.45, 7) is 1.27. The van der Waals surface area contributed by atoms with Crippen LogP contribution >= 0.6 is 0 Å². The topological polar surface area (TPSA) is 98.1 Å². The largest absolute Gasteiger partial charge is 0.464 e. The summed E-state index contributed by atoms with van der Waals surface area (Å²) in [5.41, 5.74) is 3.45. The van der Waals surface area contributed by atoms with E-state index in [2.05, 4.69) is 15.6 Å². The van der Waals surface area contributed by atoms with E-state index in [0.29, 0.717) is 34.7 Å². The van der Waals surface area contributed by atoms with Crippen LogP contribution in [0.15, 0.2) is 67.1 Å². The zero-order chi connectivity index (χ0) is 25.6. The molecule has 4 aromatic rings. The lowest BCUT2D eigenvalue weighted by molar-refractivity contribution is 0.0591. The molecule has 0 unspecified atom stereocenters. The summed E-state index contributed by atoms with van der Waals surface area (Å²) in [5.74, 6) is -0.271. The highest BCUT2D eigenvalue weighted by Crippen LogP contribution is 2.34. The number of hydrogen-bond donors (Lipinski definition) is 2. The molecule has 8 nitrogen and oxygen atoms in total. The molecule has 0 spiro atoms. The molecule has 0 aliphatic heterocycles. The number of fused-ring (bicyclic) bond motifs is 1. The molecule has 2 N–H and O–H groups in total. The van der Waals surface area contributed by atoms with E-state index in [1.807, 2.05) is 36.4 Å². The molecular weight excluding hydrogens is 466 g/mol. The van der Waals surface area contributed by atoms with Gasteiger partial charge in [-0.25, -0.2) is 9.78 Å². The predicted molar refractivity (Wildman–Crippen MR) is 144 cm³/mol. The molecule has 1 saturated carbocycles. The van der Waals surface area contributed by atoms with E-state index in [-0.39, 0.29) is 11.6 Å². The van der Waals surface area contributed by atoms with Gasteiger partial charge in [-0.3, -0.25) is 9.78 Å². The number of carbonyl (C=O) groups excluding carboxylic acids is 2. The molecule has 1 aromatic carbocycles. The number of aromatic nitrogens is 3. The molecule has 1 amide bonds. The van der Waals surface area contributed by atoms with E-state index in [0.717, 1.165) is 17.8 Å². The minimum Gasteiger partial charge on any atom is -0.464 e. The first-order chi connectivity index (χ1) is 18.1. The van der Waals surface area contributed by atoms with E-state index in [1.165, 1.54) is 45.4 Å². The number of amides is 1. The van der Waals surface area contributed by atoms with Gasteiger partial charge in [-0.05, 0) is 42.5 Å². The Morgan fingerprint density at radius 1 is 1.05 bits per heavy atom. The number of nitrogens with zero attached hydrogens (tertiary/aromatic N) is 3. The van der Waals surface area contributed by atoms with Crippen molar-refractivity contribution in [1.82, 2.24) is 14.5 Å². The first-order valence-electron chi connectivity index (χ1n) is 12.7. The van der Waals surface area contributed by atoms with Crippen LogP contribution in [0.2, 0.25) is 0 Å². The Kier molecular flexibility index (Phi) is 7.44. The molecule has 0 saturated heterocycles. The van der Waals surface area contributed by atoms with Gasteiger partial charge in [0.05, 0.1) is 30.2 Å². The van der Waals surface area contributed by atoms with Crippen molar-refractivity contribution < 1.29 is 14.3 Å². The number of ether oxygens (including phenoxy) is 1. The van der Waals surface area contributed by atoms with Crippen LogP contribution in [0.5, 0.6) is 0 Å². The highest BCUT2D eigenvalue weighted by Gasteiger charge is 2.27. The van der Waals surface area contributed by atoms with Crippen LogP contribution in [0.4, 0.5) is 11.4 Å². The number of methoxy groups -OCH3 is 1. The van der Waals surface area contributed by atoms with Crippen LogP contribution in [-0.2, 0) is 11.3 Å². The third kappa shape index (κ3) is 5.48. The van der Waals surface area contributed by atoms with E-state index in [9.17, 15) is 9.59 Å². The van der Waals surface area contributed by atoms with E-state index in [4.69, 9.17) is 9.72 Å². The fraction of sp³-hybridized carbons (Fsp3) is 0.310. The van der Waals surface area contributed by atoms with Crippen molar-refractivity contribution in [3.63, 3.8) is 0 Å². The zero-order valence-electron chi connectivity index (χ0n) is 20.9. The van der Waals surface area contributed by atoms with Gasteiger partial charge in [0.1, 0.15) is 5.65 Å². The summed E-state index contributed by atoms with van der Waals surface area (Å²) in [7, 11) is 1.34. The normalized spacial score (nSPS) is 13.9. The summed E-state index contributed by atoms with van der Waals surface area (Å²) in [5, 5.41) is 7.15. The van der Waals surface area contributed by atoms with Gasteiger partial charge in [0.25, 0.3) is 5.91 Å². The van der Waals surface area contributed by atoms with Crippen LogP contribution in [0, 0.1) is 5.92 Å². The van der Waals surface area contributed by atoms with Gasteiger partial charge in [0.2, 0.25) is 0 Å². The van der Waals surface area contributed by atoms with Crippen molar-refractivity contribution in [3.8, 4) is 0 Å². The molecule has 3 aromatic heterocycles. The van der Waals surface area contributed by atoms with Gasteiger partial charge in [0, 0.05) is 30.9 Å². The maximum atomic E-state index is 13.2. The second kappa shape index (κ2) is 11.2. The molecular formula is C29H31N5O3. The average Bonchev–Trinajstić information content (AvgIpc) is 3.25. The van der Waals surface area contributed by atoms with Crippen molar-refractivity contribution in [1.29, 1.82) is 0 Å². The van der Waals surface area contributed by atoms with Crippen molar-refractivity contribution in [3.05, 3.63) is 83.9 Å². The number of nitrogens with one attached hydrogen (secondary N) is 2. The summed E-state index contributed by atoms with van der Waals surface area (Å²) >= 11 is 0. The molecule has 5 rings (SSSR count). The standard InChI is InChI=1S/C29H31N5O3/c1-37-29(36)26-25(33-28(35)22-13-8-14-30-17-22)24-15-23(31-16-20-9-4-2-5-10-20)18-32-27(24)34(26)19-21-11-6-3-7-12-21/h3,6-8,11-15,17-18,20,31H,2,4-5,9-10,16,19H2,1H3,(H,33,35). The first kappa shape index (κ1) is 24.5. The molecule has 8 heteroatoms. The minimum absolute atomic E-state index is 0.246. The van der Waals surface area contributed by atoms with Crippen LogP contribution in [-0.4, -0.2) is 40.1 Å². The quantitative estimate of drug-likeness (QED) is 0.312. The number of carbonyl (C=O) groups is 2. The Morgan fingerprint density at radius 2 is 1.86 bits per heavy atom. The van der Waals surface area contributed by atoms with Gasteiger partial charge in [0.15, 0.2) is 5.69 Å².